The highest BCUT2D eigenvalue weighted by molar-refractivity contribution is 5.79. The highest BCUT2D eigenvalue weighted by atomic mass is 16.2. The lowest BCUT2D eigenvalue weighted by atomic mass is 10.1. The Bertz CT molecular complexity index is 257. The Kier molecular flexibility index (Phi) is 12.3. The number of nitrogens with zero attached hydrogens (tertiary/aromatic N) is 2. The number of amides is 2. The van der Waals surface area contributed by atoms with Gasteiger partial charge in [0.25, 0.3) is 0 Å². The van der Waals surface area contributed by atoms with Crippen molar-refractivity contribution in [3.63, 3.8) is 0 Å². The van der Waals surface area contributed by atoms with Crippen LogP contribution >= 0.6 is 0 Å². The minimum Gasteiger partial charge on any atom is -0.345 e. The van der Waals surface area contributed by atoms with Crippen molar-refractivity contribution in [1.29, 1.82) is 0 Å². The number of hydrogen-bond acceptors (Lipinski definition) is 2. The molecule has 0 aromatic heterocycles. The standard InChI is InChI=1S/C16H32N2O2/c1-4-6-7-8-9-10-11-12-13-18(15-19)14-16(20)17(3)5-2/h15H,4-14H2,1-3H3. The van der Waals surface area contributed by atoms with Crippen LogP contribution in [0.1, 0.15) is 65.2 Å². The SMILES string of the molecule is CCCCCCCCCCN(C=O)CC(=O)N(C)CC. The molecule has 0 bridgehead atoms. The topological polar surface area (TPSA) is 40.6 Å². The van der Waals surface area contributed by atoms with Crippen LogP contribution in [0.2, 0.25) is 0 Å². The molecule has 0 rings (SSSR count). The monoisotopic (exact) mass is 284 g/mol. The molecule has 0 radical (unpaired) electrons. The van der Waals surface area contributed by atoms with Gasteiger partial charge in [-0.3, -0.25) is 9.59 Å². The van der Waals surface area contributed by atoms with E-state index in [4.69, 9.17) is 0 Å². The van der Waals surface area contributed by atoms with Gasteiger partial charge in [0.1, 0.15) is 0 Å². The molecule has 118 valence electrons. The van der Waals surface area contributed by atoms with Gasteiger partial charge in [0.15, 0.2) is 0 Å². The normalized spacial score (nSPS) is 10.3. The van der Waals surface area contributed by atoms with Gasteiger partial charge >= 0.3 is 0 Å². The second-order valence-electron chi connectivity index (χ2n) is 5.46. The van der Waals surface area contributed by atoms with Gasteiger partial charge in [-0.25, -0.2) is 0 Å². The molecule has 20 heavy (non-hydrogen) atoms. The Morgan fingerprint density at radius 1 is 0.950 bits per heavy atom. The van der Waals surface area contributed by atoms with Gasteiger partial charge in [0.05, 0.1) is 6.54 Å². The highest BCUT2D eigenvalue weighted by Crippen LogP contribution is 2.08. The number of likely N-dealkylation sites (N-methyl/N-ethyl adjacent to an activating group) is 1. The van der Waals surface area contributed by atoms with Crippen molar-refractivity contribution in [1.82, 2.24) is 9.80 Å². The average Bonchev–Trinajstić information content (AvgIpc) is 2.47. The van der Waals surface area contributed by atoms with Gasteiger partial charge in [-0.1, -0.05) is 51.9 Å². The summed E-state index contributed by atoms with van der Waals surface area (Å²) in [6.45, 7) is 5.75. The summed E-state index contributed by atoms with van der Waals surface area (Å²) in [5, 5.41) is 0. The fraction of sp³-hybridized carbons (Fsp3) is 0.875. The summed E-state index contributed by atoms with van der Waals surface area (Å²) in [5.41, 5.74) is 0. The van der Waals surface area contributed by atoms with E-state index < -0.39 is 0 Å². The van der Waals surface area contributed by atoms with E-state index in [1.54, 1.807) is 16.8 Å². The Morgan fingerprint density at radius 3 is 2.00 bits per heavy atom. The van der Waals surface area contributed by atoms with Crippen molar-refractivity contribution in [3.8, 4) is 0 Å². The summed E-state index contributed by atoms with van der Waals surface area (Å²) in [6, 6.07) is 0. The fourth-order valence-corrected chi connectivity index (χ4v) is 2.09. The van der Waals surface area contributed by atoms with Crippen LogP contribution in [0, 0.1) is 0 Å². The molecular formula is C16H32N2O2. The maximum Gasteiger partial charge on any atom is 0.241 e. The zero-order chi connectivity index (χ0) is 15.2. The van der Waals surface area contributed by atoms with Gasteiger partial charge in [-0.15, -0.1) is 0 Å². The molecule has 0 aliphatic carbocycles. The number of unbranched alkanes of at least 4 members (excludes halogenated alkanes) is 7. The predicted molar refractivity (Wildman–Crippen MR) is 83.6 cm³/mol. The molecule has 4 heteroatoms. The van der Waals surface area contributed by atoms with Crippen LogP contribution in [-0.4, -0.2) is 48.8 Å². The van der Waals surface area contributed by atoms with Gasteiger partial charge in [0, 0.05) is 20.1 Å². The van der Waals surface area contributed by atoms with E-state index in [0.717, 1.165) is 19.3 Å². The first-order chi connectivity index (χ1) is 9.65. The summed E-state index contributed by atoms with van der Waals surface area (Å²) in [5.74, 6) is 0.0131. The summed E-state index contributed by atoms with van der Waals surface area (Å²) >= 11 is 0. The van der Waals surface area contributed by atoms with Gasteiger partial charge in [-0.05, 0) is 13.3 Å². The van der Waals surface area contributed by atoms with Crippen LogP contribution < -0.4 is 0 Å². The fourth-order valence-electron chi connectivity index (χ4n) is 2.09. The summed E-state index contributed by atoms with van der Waals surface area (Å²) < 4.78 is 0. The Hall–Kier alpha value is -1.06. The van der Waals surface area contributed by atoms with Gasteiger partial charge in [-0.2, -0.15) is 0 Å². The molecule has 0 unspecified atom stereocenters. The van der Waals surface area contributed by atoms with Crippen molar-refractivity contribution in [2.75, 3.05) is 26.7 Å². The molecule has 0 N–H and O–H groups in total. The summed E-state index contributed by atoms with van der Waals surface area (Å²) in [4.78, 5) is 25.9. The van der Waals surface area contributed by atoms with Crippen LogP contribution in [0.5, 0.6) is 0 Å². The van der Waals surface area contributed by atoms with Crippen molar-refractivity contribution in [2.24, 2.45) is 0 Å². The number of hydrogen-bond donors (Lipinski definition) is 0. The van der Waals surface area contributed by atoms with Crippen LogP contribution in [0.3, 0.4) is 0 Å². The molecule has 0 aromatic carbocycles. The molecule has 0 atom stereocenters. The first kappa shape index (κ1) is 18.9. The van der Waals surface area contributed by atoms with Crippen molar-refractivity contribution < 1.29 is 9.59 Å². The smallest absolute Gasteiger partial charge is 0.241 e. The van der Waals surface area contributed by atoms with Crippen LogP contribution in [0.4, 0.5) is 0 Å². The van der Waals surface area contributed by atoms with E-state index in [1.165, 1.54) is 38.5 Å². The van der Waals surface area contributed by atoms with E-state index in [2.05, 4.69) is 6.92 Å². The van der Waals surface area contributed by atoms with Gasteiger partial charge in [0.2, 0.25) is 12.3 Å². The number of carbonyl (C=O) groups is 2. The summed E-state index contributed by atoms with van der Waals surface area (Å²) in [7, 11) is 1.77. The molecule has 0 fully saturated rings. The zero-order valence-electron chi connectivity index (χ0n) is 13.6. The summed E-state index contributed by atoms with van der Waals surface area (Å²) in [6.07, 6.45) is 10.8. The Labute approximate surface area is 124 Å². The first-order valence-electron chi connectivity index (χ1n) is 8.09. The quantitative estimate of drug-likeness (QED) is 0.385. The lowest BCUT2D eigenvalue weighted by molar-refractivity contribution is -0.134. The molecule has 0 aliphatic heterocycles. The van der Waals surface area contributed by atoms with E-state index in [9.17, 15) is 9.59 Å². The molecule has 0 saturated carbocycles. The van der Waals surface area contributed by atoms with Crippen LogP contribution in [0.15, 0.2) is 0 Å². The molecule has 0 aliphatic rings. The maximum absolute atomic E-state index is 11.7. The number of carbonyl (C=O) groups excluding carboxylic acids is 2. The van der Waals surface area contributed by atoms with E-state index in [0.29, 0.717) is 13.1 Å². The molecule has 0 saturated heterocycles. The second kappa shape index (κ2) is 12.9. The van der Waals surface area contributed by atoms with E-state index >= 15 is 0 Å². The molecule has 0 heterocycles. The molecule has 0 spiro atoms. The molecule has 0 aromatic rings. The molecule has 2 amide bonds. The van der Waals surface area contributed by atoms with Gasteiger partial charge < -0.3 is 9.80 Å². The molecule has 4 nitrogen and oxygen atoms in total. The minimum absolute atomic E-state index is 0.0131. The maximum atomic E-state index is 11.7. The third-order valence-corrected chi connectivity index (χ3v) is 3.69. The lowest BCUT2D eigenvalue weighted by Gasteiger charge is -2.21. The minimum atomic E-state index is 0.0131. The molecular weight excluding hydrogens is 252 g/mol. The van der Waals surface area contributed by atoms with E-state index in [1.807, 2.05) is 6.92 Å². The largest absolute Gasteiger partial charge is 0.345 e. The predicted octanol–water partition coefficient (Wildman–Crippen LogP) is 3.06. The lowest BCUT2D eigenvalue weighted by Crippen LogP contribution is -2.38. The third kappa shape index (κ3) is 9.82. The van der Waals surface area contributed by atoms with Crippen LogP contribution in [0.25, 0.3) is 0 Å². The third-order valence-electron chi connectivity index (χ3n) is 3.69. The van der Waals surface area contributed by atoms with Crippen molar-refractivity contribution in [2.45, 2.75) is 65.2 Å². The highest BCUT2D eigenvalue weighted by Gasteiger charge is 2.11. The van der Waals surface area contributed by atoms with Crippen LogP contribution in [-0.2, 0) is 9.59 Å². The van der Waals surface area contributed by atoms with Crippen molar-refractivity contribution >= 4 is 12.3 Å². The first-order valence-corrected chi connectivity index (χ1v) is 8.09. The Balaban J connectivity index is 3.60. The average molecular weight is 284 g/mol. The Morgan fingerprint density at radius 2 is 1.50 bits per heavy atom. The number of rotatable bonds is 13. The van der Waals surface area contributed by atoms with E-state index in [-0.39, 0.29) is 12.5 Å². The zero-order valence-corrected chi connectivity index (χ0v) is 13.6. The second-order valence-corrected chi connectivity index (χ2v) is 5.46. The van der Waals surface area contributed by atoms with Crippen molar-refractivity contribution in [3.05, 3.63) is 0 Å².